The molecule has 0 spiro atoms. The van der Waals surface area contributed by atoms with Crippen LogP contribution in [0.15, 0.2) is 23.6 Å². The summed E-state index contributed by atoms with van der Waals surface area (Å²) in [6, 6.07) is 5.94. The third-order valence-corrected chi connectivity index (χ3v) is 5.84. The molecular formula is C22H29N3O3S. The second-order valence-corrected chi connectivity index (χ2v) is 9.43. The molecule has 29 heavy (non-hydrogen) atoms. The standard InChI is InChI=1S/C22H29N3O3S/c1-14-8-9-18(28-5)16(11-14)17-13-29-21(23-17)24-19(26)15-7-6-10-25(12-15)20(27)22(2,3)4/h8-9,11,13,15H,6-7,10,12H2,1-5H3,(H,23,24,26). The summed E-state index contributed by atoms with van der Waals surface area (Å²) in [5.41, 5.74) is 2.36. The van der Waals surface area contributed by atoms with Gasteiger partial charge in [0.05, 0.1) is 18.7 Å². The molecule has 1 fully saturated rings. The number of amides is 2. The topological polar surface area (TPSA) is 71.5 Å². The minimum absolute atomic E-state index is 0.0754. The van der Waals surface area contributed by atoms with Crippen molar-refractivity contribution >= 4 is 28.3 Å². The van der Waals surface area contributed by atoms with Gasteiger partial charge in [-0.25, -0.2) is 4.98 Å². The van der Waals surface area contributed by atoms with E-state index in [0.29, 0.717) is 18.2 Å². The number of likely N-dealkylation sites (tertiary alicyclic amines) is 1. The molecule has 0 aliphatic carbocycles. The maximum Gasteiger partial charge on any atom is 0.231 e. The number of carbonyl (C=O) groups excluding carboxylic acids is 2. The van der Waals surface area contributed by atoms with Gasteiger partial charge in [-0.2, -0.15) is 0 Å². The molecule has 1 atom stereocenters. The number of hydrogen-bond acceptors (Lipinski definition) is 5. The molecule has 0 radical (unpaired) electrons. The molecule has 156 valence electrons. The first-order valence-electron chi connectivity index (χ1n) is 9.90. The van der Waals surface area contributed by atoms with Crippen LogP contribution in [0, 0.1) is 18.3 Å². The average Bonchev–Trinajstić information content (AvgIpc) is 3.15. The lowest BCUT2D eigenvalue weighted by atomic mass is 9.91. The molecule has 1 aliphatic rings. The summed E-state index contributed by atoms with van der Waals surface area (Å²) in [5.74, 6) is 0.560. The van der Waals surface area contributed by atoms with Crippen LogP contribution in [-0.2, 0) is 9.59 Å². The maximum absolute atomic E-state index is 12.8. The maximum atomic E-state index is 12.8. The highest BCUT2D eigenvalue weighted by Crippen LogP contribution is 2.33. The van der Waals surface area contributed by atoms with Crippen molar-refractivity contribution in [2.45, 2.75) is 40.5 Å². The minimum Gasteiger partial charge on any atom is -0.496 e. The summed E-state index contributed by atoms with van der Waals surface area (Å²) in [4.78, 5) is 31.8. The number of aryl methyl sites for hydroxylation is 1. The van der Waals surface area contributed by atoms with Gasteiger partial charge < -0.3 is 15.0 Å². The minimum atomic E-state index is -0.435. The zero-order valence-electron chi connectivity index (χ0n) is 17.7. The van der Waals surface area contributed by atoms with Crippen LogP contribution in [0.1, 0.15) is 39.2 Å². The summed E-state index contributed by atoms with van der Waals surface area (Å²) < 4.78 is 5.44. The Morgan fingerprint density at radius 1 is 1.31 bits per heavy atom. The van der Waals surface area contributed by atoms with E-state index in [1.165, 1.54) is 11.3 Å². The van der Waals surface area contributed by atoms with Gasteiger partial charge in [-0.1, -0.05) is 32.4 Å². The fourth-order valence-corrected chi connectivity index (χ4v) is 4.25. The highest BCUT2D eigenvalue weighted by molar-refractivity contribution is 7.14. The molecule has 2 amide bonds. The molecule has 2 heterocycles. The molecule has 2 aromatic rings. The van der Waals surface area contributed by atoms with Crippen molar-refractivity contribution in [3.05, 3.63) is 29.1 Å². The Kier molecular flexibility index (Phi) is 6.27. The number of thiazole rings is 1. The number of hydrogen-bond donors (Lipinski definition) is 1. The Bertz CT molecular complexity index is 901. The van der Waals surface area contributed by atoms with Crippen molar-refractivity contribution in [1.29, 1.82) is 0 Å². The number of ether oxygens (including phenoxy) is 1. The van der Waals surface area contributed by atoms with Crippen LogP contribution < -0.4 is 10.1 Å². The Labute approximate surface area is 176 Å². The van der Waals surface area contributed by atoms with E-state index >= 15 is 0 Å². The molecule has 1 aromatic heterocycles. The van der Waals surface area contributed by atoms with Gasteiger partial charge in [0, 0.05) is 29.4 Å². The van der Waals surface area contributed by atoms with Crippen molar-refractivity contribution in [3.63, 3.8) is 0 Å². The van der Waals surface area contributed by atoms with Crippen LogP contribution in [0.4, 0.5) is 5.13 Å². The van der Waals surface area contributed by atoms with E-state index in [9.17, 15) is 9.59 Å². The number of piperidine rings is 1. The van der Waals surface area contributed by atoms with E-state index in [1.807, 2.05) is 56.2 Å². The fourth-order valence-electron chi connectivity index (χ4n) is 3.53. The molecular weight excluding hydrogens is 386 g/mol. The second-order valence-electron chi connectivity index (χ2n) is 8.57. The molecule has 1 saturated heterocycles. The van der Waals surface area contributed by atoms with Crippen molar-refractivity contribution in [2.75, 3.05) is 25.5 Å². The van der Waals surface area contributed by atoms with Crippen molar-refractivity contribution in [1.82, 2.24) is 9.88 Å². The summed E-state index contributed by atoms with van der Waals surface area (Å²) in [6.07, 6.45) is 1.62. The van der Waals surface area contributed by atoms with Crippen molar-refractivity contribution < 1.29 is 14.3 Å². The molecule has 1 unspecified atom stereocenters. The zero-order valence-corrected chi connectivity index (χ0v) is 18.6. The van der Waals surface area contributed by atoms with E-state index in [-0.39, 0.29) is 17.7 Å². The lowest BCUT2D eigenvalue weighted by Gasteiger charge is -2.35. The van der Waals surface area contributed by atoms with Crippen LogP contribution >= 0.6 is 11.3 Å². The number of nitrogens with one attached hydrogen (secondary N) is 1. The van der Waals surface area contributed by atoms with Crippen LogP contribution in [0.5, 0.6) is 5.75 Å². The first-order chi connectivity index (χ1) is 13.7. The highest BCUT2D eigenvalue weighted by Gasteiger charge is 2.33. The van der Waals surface area contributed by atoms with Gasteiger partial charge in [0.2, 0.25) is 11.8 Å². The number of aromatic nitrogens is 1. The van der Waals surface area contributed by atoms with Crippen LogP contribution in [0.3, 0.4) is 0 Å². The van der Waals surface area contributed by atoms with E-state index < -0.39 is 5.41 Å². The van der Waals surface area contributed by atoms with E-state index in [2.05, 4.69) is 10.3 Å². The number of anilines is 1. The van der Waals surface area contributed by atoms with Gasteiger partial charge in [-0.3, -0.25) is 9.59 Å². The summed E-state index contributed by atoms with van der Waals surface area (Å²) in [7, 11) is 1.64. The molecule has 7 heteroatoms. The van der Waals surface area contributed by atoms with Gasteiger partial charge >= 0.3 is 0 Å². The second kappa shape index (κ2) is 8.53. The number of nitrogens with zero attached hydrogens (tertiary/aromatic N) is 2. The predicted molar refractivity (Wildman–Crippen MR) is 116 cm³/mol. The van der Waals surface area contributed by atoms with Crippen LogP contribution in [-0.4, -0.2) is 41.9 Å². The van der Waals surface area contributed by atoms with E-state index in [0.717, 1.165) is 35.4 Å². The predicted octanol–water partition coefficient (Wildman–Crippen LogP) is 4.35. The molecule has 6 nitrogen and oxygen atoms in total. The Morgan fingerprint density at radius 3 is 2.76 bits per heavy atom. The fraction of sp³-hybridized carbons (Fsp3) is 0.500. The lowest BCUT2D eigenvalue weighted by Crippen LogP contribution is -2.47. The third-order valence-electron chi connectivity index (χ3n) is 5.09. The van der Waals surface area contributed by atoms with Gasteiger partial charge in [0.1, 0.15) is 5.75 Å². The molecule has 0 saturated carbocycles. The zero-order chi connectivity index (χ0) is 21.2. The number of methoxy groups -OCH3 is 1. The lowest BCUT2D eigenvalue weighted by molar-refractivity contribution is -0.142. The van der Waals surface area contributed by atoms with Gasteiger partial charge in [-0.05, 0) is 31.9 Å². The summed E-state index contributed by atoms with van der Waals surface area (Å²) >= 11 is 1.39. The smallest absolute Gasteiger partial charge is 0.231 e. The Morgan fingerprint density at radius 2 is 2.07 bits per heavy atom. The summed E-state index contributed by atoms with van der Waals surface area (Å²) in [5, 5.41) is 5.42. The quantitative estimate of drug-likeness (QED) is 0.806. The van der Waals surface area contributed by atoms with Gasteiger partial charge in [0.25, 0.3) is 0 Å². The van der Waals surface area contributed by atoms with E-state index in [1.54, 1.807) is 7.11 Å². The third kappa shape index (κ3) is 4.96. The van der Waals surface area contributed by atoms with Gasteiger partial charge in [-0.15, -0.1) is 11.3 Å². The first kappa shape index (κ1) is 21.3. The van der Waals surface area contributed by atoms with Crippen molar-refractivity contribution in [3.8, 4) is 17.0 Å². The number of carbonyl (C=O) groups is 2. The monoisotopic (exact) mass is 415 g/mol. The largest absolute Gasteiger partial charge is 0.496 e. The Balaban J connectivity index is 1.69. The number of benzene rings is 1. The van der Waals surface area contributed by atoms with Crippen LogP contribution in [0.25, 0.3) is 11.3 Å². The Hall–Kier alpha value is -2.41. The molecule has 1 aromatic carbocycles. The molecule has 1 N–H and O–H groups in total. The first-order valence-corrected chi connectivity index (χ1v) is 10.8. The summed E-state index contributed by atoms with van der Waals surface area (Å²) in [6.45, 7) is 8.94. The van der Waals surface area contributed by atoms with Crippen molar-refractivity contribution in [2.24, 2.45) is 11.3 Å². The van der Waals surface area contributed by atoms with E-state index in [4.69, 9.17) is 4.74 Å². The number of rotatable bonds is 4. The molecule has 0 bridgehead atoms. The normalized spacial score (nSPS) is 17.1. The van der Waals surface area contributed by atoms with Gasteiger partial charge in [0.15, 0.2) is 5.13 Å². The highest BCUT2D eigenvalue weighted by atomic mass is 32.1. The molecule has 3 rings (SSSR count). The van der Waals surface area contributed by atoms with Crippen LogP contribution in [0.2, 0.25) is 0 Å². The average molecular weight is 416 g/mol. The SMILES string of the molecule is COc1ccc(C)cc1-c1csc(NC(=O)C2CCCN(C(=O)C(C)(C)C)C2)n1. The molecule has 1 aliphatic heterocycles.